The number of benzene rings is 1. The van der Waals surface area contributed by atoms with Gasteiger partial charge in [0.05, 0.1) is 0 Å². The Kier molecular flexibility index (Phi) is 6.11. The molecule has 0 radical (unpaired) electrons. The van der Waals surface area contributed by atoms with Crippen LogP contribution in [0.2, 0.25) is 0 Å². The number of anilines is 1. The standard InChI is InChI=1S/C20H23F2NO4/c1-23(8-2-3-19(24)25)20-16(21)9-14(10-17(20)22)18-7-6-15(27-18)12-26-11-13-4-5-13/h6-7,9-10,13H,2-5,8,11-12H2,1H3,(H,24,25). The zero-order valence-corrected chi connectivity index (χ0v) is 15.2. The lowest BCUT2D eigenvalue weighted by Gasteiger charge is -2.20. The molecular weight excluding hydrogens is 356 g/mol. The molecule has 3 rings (SSSR count). The van der Waals surface area contributed by atoms with E-state index in [0.29, 0.717) is 42.6 Å². The molecule has 0 spiro atoms. The van der Waals surface area contributed by atoms with Gasteiger partial charge in [-0.15, -0.1) is 0 Å². The van der Waals surface area contributed by atoms with Crippen molar-refractivity contribution in [3.05, 3.63) is 41.7 Å². The first-order valence-corrected chi connectivity index (χ1v) is 9.03. The summed E-state index contributed by atoms with van der Waals surface area (Å²) in [6.45, 7) is 1.29. The number of hydrogen-bond acceptors (Lipinski definition) is 4. The van der Waals surface area contributed by atoms with Crippen LogP contribution in [-0.4, -0.2) is 31.3 Å². The zero-order chi connectivity index (χ0) is 19.4. The van der Waals surface area contributed by atoms with Gasteiger partial charge in [-0.05, 0) is 49.4 Å². The average Bonchev–Trinajstić information content (AvgIpc) is 3.29. The molecule has 7 heteroatoms. The maximum Gasteiger partial charge on any atom is 0.303 e. The highest BCUT2D eigenvalue weighted by molar-refractivity contribution is 5.67. The first-order valence-electron chi connectivity index (χ1n) is 9.03. The molecule has 1 fully saturated rings. The number of nitrogens with zero attached hydrogens (tertiary/aromatic N) is 1. The summed E-state index contributed by atoms with van der Waals surface area (Å²) in [7, 11) is 1.53. The molecule has 0 aliphatic heterocycles. The number of hydrogen-bond donors (Lipinski definition) is 1. The van der Waals surface area contributed by atoms with Crippen molar-refractivity contribution in [1.29, 1.82) is 0 Å². The van der Waals surface area contributed by atoms with Crippen molar-refractivity contribution in [2.24, 2.45) is 5.92 Å². The van der Waals surface area contributed by atoms with E-state index in [1.807, 2.05) is 0 Å². The zero-order valence-electron chi connectivity index (χ0n) is 15.2. The summed E-state index contributed by atoms with van der Waals surface area (Å²) < 4.78 is 40.1. The maximum atomic E-state index is 14.5. The molecule has 0 unspecified atom stereocenters. The summed E-state index contributed by atoms with van der Waals surface area (Å²) in [6.07, 6.45) is 2.66. The van der Waals surface area contributed by atoms with Crippen LogP contribution in [0.4, 0.5) is 14.5 Å². The van der Waals surface area contributed by atoms with Crippen LogP contribution in [0.15, 0.2) is 28.7 Å². The molecule has 1 aromatic heterocycles. The fourth-order valence-electron chi connectivity index (χ4n) is 2.87. The van der Waals surface area contributed by atoms with Gasteiger partial charge in [0, 0.05) is 32.2 Å². The molecule has 27 heavy (non-hydrogen) atoms. The van der Waals surface area contributed by atoms with Crippen molar-refractivity contribution >= 4 is 11.7 Å². The normalized spacial score (nSPS) is 13.7. The van der Waals surface area contributed by atoms with Crippen LogP contribution in [-0.2, 0) is 16.1 Å². The quantitative estimate of drug-likeness (QED) is 0.661. The Bertz CT molecular complexity index is 778. The summed E-state index contributed by atoms with van der Waals surface area (Å²) in [5.41, 5.74) is 0.129. The summed E-state index contributed by atoms with van der Waals surface area (Å²) in [6, 6.07) is 5.85. The number of carboxylic acids is 1. The van der Waals surface area contributed by atoms with Gasteiger partial charge in [0.1, 0.15) is 35.4 Å². The smallest absolute Gasteiger partial charge is 0.303 e. The summed E-state index contributed by atoms with van der Waals surface area (Å²) in [5.74, 6) is -0.729. The predicted octanol–water partition coefficient (Wildman–Crippen LogP) is 4.45. The molecule has 146 valence electrons. The minimum atomic E-state index is -0.936. The van der Waals surface area contributed by atoms with Gasteiger partial charge in [0.25, 0.3) is 0 Å². The number of carbonyl (C=O) groups is 1. The highest BCUT2D eigenvalue weighted by Crippen LogP contribution is 2.31. The van der Waals surface area contributed by atoms with Gasteiger partial charge in [-0.3, -0.25) is 4.79 Å². The first kappa shape index (κ1) is 19.4. The first-order chi connectivity index (χ1) is 12.9. The van der Waals surface area contributed by atoms with Crippen LogP contribution >= 0.6 is 0 Å². The number of carboxylic acid groups (broad SMARTS) is 1. The second kappa shape index (κ2) is 8.52. The average molecular weight is 379 g/mol. The Morgan fingerprint density at radius 3 is 2.63 bits per heavy atom. The van der Waals surface area contributed by atoms with Crippen LogP contribution in [0.5, 0.6) is 0 Å². The van der Waals surface area contributed by atoms with Gasteiger partial charge < -0.3 is 19.2 Å². The number of aliphatic carboxylic acids is 1. The Morgan fingerprint density at radius 2 is 2.00 bits per heavy atom. The highest BCUT2D eigenvalue weighted by atomic mass is 19.1. The largest absolute Gasteiger partial charge is 0.481 e. The SMILES string of the molecule is CN(CCCC(=O)O)c1c(F)cc(-c2ccc(COCC3CC3)o2)cc1F. The molecule has 1 aliphatic carbocycles. The van der Waals surface area contributed by atoms with Gasteiger partial charge in [0.15, 0.2) is 0 Å². The fourth-order valence-corrected chi connectivity index (χ4v) is 2.87. The lowest BCUT2D eigenvalue weighted by Crippen LogP contribution is -2.21. The molecule has 0 bridgehead atoms. The number of halogens is 2. The van der Waals surface area contributed by atoms with Gasteiger partial charge in [0.2, 0.25) is 0 Å². The van der Waals surface area contributed by atoms with E-state index in [0.717, 1.165) is 0 Å². The Morgan fingerprint density at radius 1 is 1.30 bits per heavy atom. The topological polar surface area (TPSA) is 62.9 Å². The van der Waals surface area contributed by atoms with E-state index < -0.39 is 17.6 Å². The summed E-state index contributed by atoms with van der Waals surface area (Å²) in [4.78, 5) is 12.0. The van der Waals surface area contributed by atoms with Crippen molar-refractivity contribution in [2.75, 3.05) is 25.1 Å². The second-order valence-electron chi connectivity index (χ2n) is 6.93. The molecule has 1 N–H and O–H groups in total. The van der Waals surface area contributed by atoms with Crippen molar-refractivity contribution in [1.82, 2.24) is 0 Å². The minimum absolute atomic E-state index is 0.0519. The van der Waals surface area contributed by atoms with E-state index in [1.165, 1.54) is 36.9 Å². The molecule has 1 aliphatic rings. The van der Waals surface area contributed by atoms with Crippen molar-refractivity contribution in [3.8, 4) is 11.3 Å². The van der Waals surface area contributed by atoms with Gasteiger partial charge in [-0.2, -0.15) is 0 Å². The third-order valence-corrected chi connectivity index (χ3v) is 4.52. The Balaban J connectivity index is 1.66. The third-order valence-electron chi connectivity index (χ3n) is 4.52. The molecule has 0 atom stereocenters. The molecular formula is C20H23F2NO4. The van der Waals surface area contributed by atoms with Crippen LogP contribution in [0.25, 0.3) is 11.3 Å². The fraction of sp³-hybridized carbons (Fsp3) is 0.450. The summed E-state index contributed by atoms with van der Waals surface area (Å²) >= 11 is 0. The lowest BCUT2D eigenvalue weighted by molar-refractivity contribution is -0.137. The maximum absolute atomic E-state index is 14.5. The Hall–Kier alpha value is -2.41. The molecule has 1 saturated carbocycles. The van der Waals surface area contributed by atoms with E-state index in [2.05, 4.69) is 0 Å². The van der Waals surface area contributed by atoms with Crippen LogP contribution in [0.1, 0.15) is 31.4 Å². The molecule has 5 nitrogen and oxygen atoms in total. The molecule has 1 heterocycles. The van der Waals surface area contributed by atoms with Crippen molar-refractivity contribution in [2.45, 2.75) is 32.3 Å². The molecule has 0 amide bonds. The number of furan rings is 1. The highest BCUT2D eigenvalue weighted by Gasteiger charge is 2.21. The van der Waals surface area contributed by atoms with Gasteiger partial charge in [-0.25, -0.2) is 8.78 Å². The lowest BCUT2D eigenvalue weighted by atomic mass is 10.1. The van der Waals surface area contributed by atoms with E-state index in [-0.39, 0.29) is 18.7 Å². The molecule has 0 saturated heterocycles. The van der Waals surface area contributed by atoms with Crippen LogP contribution < -0.4 is 4.90 Å². The van der Waals surface area contributed by atoms with Crippen LogP contribution in [0, 0.1) is 17.6 Å². The van der Waals surface area contributed by atoms with Crippen molar-refractivity contribution in [3.63, 3.8) is 0 Å². The predicted molar refractivity (Wildman–Crippen MR) is 96.6 cm³/mol. The van der Waals surface area contributed by atoms with E-state index >= 15 is 0 Å². The number of ether oxygens (including phenoxy) is 1. The number of rotatable bonds is 10. The third kappa shape index (κ3) is 5.29. The minimum Gasteiger partial charge on any atom is -0.481 e. The molecule has 2 aromatic rings. The monoisotopic (exact) mass is 379 g/mol. The van der Waals surface area contributed by atoms with Gasteiger partial charge >= 0.3 is 5.97 Å². The van der Waals surface area contributed by atoms with Crippen LogP contribution in [0.3, 0.4) is 0 Å². The van der Waals surface area contributed by atoms with E-state index in [4.69, 9.17) is 14.3 Å². The van der Waals surface area contributed by atoms with E-state index in [1.54, 1.807) is 12.1 Å². The van der Waals surface area contributed by atoms with Crippen molar-refractivity contribution < 1.29 is 27.8 Å². The van der Waals surface area contributed by atoms with E-state index in [9.17, 15) is 13.6 Å². The molecule has 1 aromatic carbocycles. The van der Waals surface area contributed by atoms with Gasteiger partial charge in [-0.1, -0.05) is 0 Å². The summed E-state index contributed by atoms with van der Waals surface area (Å²) in [5, 5.41) is 8.67. The second-order valence-corrected chi connectivity index (χ2v) is 6.93. The Labute approximate surface area is 156 Å².